The maximum absolute atomic E-state index is 11.6. The number of nitrogen functional groups attached to an aromatic ring is 1. The van der Waals surface area contributed by atoms with E-state index in [4.69, 9.17) is 11.5 Å². The molecular formula is C14H11BrN4O. The molecule has 1 heterocycles. The molecule has 4 N–H and O–H groups in total. The molecule has 0 aliphatic carbocycles. The molecule has 100 valence electrons. The number of benzene rings is 2. The number of halogens is 1. The Balaban J connectivity index is 2.33. The molecule has 0 saturated carbocycles. The smallest absolute Gasteiger partial charge is 0.250 e. The van der Waals surface area contributed by atoms with Gasteiger partial charge in [0.05, 0.1) is 23.0 Å². The van der Waals surface area contributed by atoms with Crippen LogP contribution in [0.5, 0.6) is 0 Å². The van der Waals surface area contributed by atoms with E-state index in [2.05, 4.69) is 21.0 Å². The molecule has 1 aromatic heterocycles. The summed E-state index contributed by atoms with van der Waals surface area (Å²) >= 11 is 3.39. The van der Waals surface area contributed by atoms with Crippen molar-refractivity contribution in [3.63, 3.8) is 0 Å². The van der Waals surface area contributed by atoms with Gasteiger partial charge in [0.2, 0.25) is 0 Å². The highest BCUT2D eigenvalue weighted by atomic mass is 79.9. The topological polar surface area (TPSA) is 86.9 Å². The predicted octanol–water partition coefficient (Wildman–Crippen LogP) is 2.47. The molecule has 0 spiro atoms. The molecule has 0 radical (unpaired) electrons. The molecular weight excluding hydrogens is 320 g/mol. The highest BCUT2D eigenvalue weighted by Gasteiger charge is 2.13. The Kier molecular flexibility index (Phi) is 2.94. The van der Waals surface area contributed by atoms with Crippen LogP contribution in [-0.4, -0.2) is 15.7 Å². The first-order chi connectivity index (χ1) is 9.56. The Bertz CT molecular complexity index is 825. The van der Waals surface area contributed by atoms with Gasteiger partial charge in [-0.2, -0.15) is 5.10 Å². The SMILES string of the molecule is NC(=O)c1ccc(Br)cc1-n1ncc2ccc(N)cc21. The third kappa shape index (κ3) is 2.04. The van der Waals surface area contributed by atoms with Gasteiger partial charge in [0, 0.05) is 15.5 Å². The van der Waals surface area contributed by atoms with E-state index in [9.17, 15) is 4.79 Å². The molecule has 3 aromatic rings. The molecule has 0 saturated heterocycles. The van der Waals surface area contributed by atoms with Crippen molar-refractivity contribution in [3.8, 4) is 5.69 Å². The Morgan fingerprint density at radius 2 is 2.00 bits per heavy atom. The van der Waals surface area contributed by atoms with Crippen molar-refractivity contribution in [1.29, 1.82) is 0 Å². The molecule has 0 aliphatic rings. The van der Waals surface area contributed by atoms with Gasteiger partial charge < -0.3 is 11.5 Å². The van der Waals surface area contributed by atoms with Gasteiger partial charge in [-0.25, -0.2) is 4.68 Å². The van der Waals surface area contributed by atoms with Crippen LogP contribution in [0.25, 0.3) is 16.6 Å². The number of nitrogens with two attached hydrogens (primary N) is 2. The van der Waals surface area contributed by atoms with Crippen molar-refractivity contribution < 1.29 is 4.79 Å². The molecule has 0 fully saturated rings. The van der Waals surface area contributed by atoms with Gasteiger partial charge in [-0.1, -0.05) is 15.9 Å². The summed E-state index contributed by atoms with van der Waals surface area (Å²) in [5.74, 6) is -0.500. The van der Waals surface area contributed by atoms with Gasteiger partial charge in [-0.3, -0.25) is 4.79 Å². The molecule has 0 atom stereocenters. The summed E-state index contributed by atoms with van der Waals surface area (Å²) in [6.45, 7) is 0. The number of rotatable bonds is 2. The van der Waals surface area contributed by atoms with Crippen LogP contribution >= 0.6 is 15.9 Å². The third-order valence-electron chi connectivity index (χ3n) is 3.05. The van der Waals surface area contributed by atoms with Crippen LogP contribution < -0.4 is 11.5 Å². The van der Waals surface area contributed by atoms with Crippen molar-refractivity contribution in [2.75, 3.05) is 5.73 Å². The highest BCUT2D eigenvalue weighted by molar-refractivity contribution is 9.10. The number of anilines is 1. The number of fused-ring (bicyclic) bond motifs is 1. The number of primary amides is 1. The highest BCUT2D eigenvalue weighted by Crippen LogP contribution is 2.25. The zero-order chi connectivity index (χ0) is 14.3. The summed E-state index contributed by atoms with van der Waals surface area (Å²) in [4.78, 5) is 11.6. The Morgan fingerprint density at radius 3 is 2.75 bits per heavy atom. The minimum Gasteiger partial charge on any atom is -0.399 e. The second-order valence-electron chi connectivity index (χ2n) is 4.40. The fraction of sp³-hybridized carbons (Fsp3) is 0. The lowest BCUT2D eigenvalue weighted by molar-refractivity contribution is 0.1000. The van der Waals surface area contributed by atoms with E-state index in [0.717, 1.165) is 15.4 Å². The van der Waals surface area contributed by atoms with Crippen LogP contribution in [0.4, 0.5) is 5.69 Å². The van der Waals surface area contributed by atoms with E-state index in [1.165, 1.54) is 0 Å². The van der Waals surface area contributed by atoms with Crippen LogP contribution in [0, 0.1) is 0 Å². The number of amides is 1. The molecule has 3 rings (SSSR count). The summed E-state index contributed by atoms with van der Waals surface area (Å²) in [5, 5.41) is 5.26. The van der Waals surface area contributed by atoms with E-state index in [1.807, 2.05) is 18.2 Å². The number of hydrogen-bond acceptors (Lipinski definition) is 3. The van der Waals surface area contributed by atoms with Crippen molar-refractivity contribution in [2.45, 2.75) is 0 Å². The second-order valence-corrected chi connectivity index (χ2v) is 5.32. The second kappa shape index (κ2) is 4.64. The molecule has 1 amide bonds. The Labute approximate surface area is 123 Å². The maximum atomic E-state index is 11.6. The van der Waals surface area contributed by atoms with Gasteiger partial charge in [-0.05, 0) is 36.4 Å². The minimum atomic E-state index is -0.500. The lowest BCUT2D eigenvalue weighted by atomic mass is 10.1. The average molecular weight is 331 g/mol. The third-order valence-corrected chi connectivity index (χ3v) is 3.54. The molecule has 5 nitrogen and oxygen atoms in total. The number of hydrogen-bond donors (Lipinski definition) is 2. The molecule has 0 bridgehead atoms. The lowest BCUT2D eigenvalue weighted by Gasteiger charge is -2.09. The Morgan fingerprint density at radius 1 is 1.20 bits per heavy atom. The quantitative estimate of drug-likeness (QED) is 0.707. The van der Waals surface area contributed by atoms with E-state index < -0.39 is 5.91 Å². The van der Waals surface area contributed by atoms with Crippen molar-refractivity contribution in [3.05, 3.63) is 52.6 Å². The predicted molar refractivity (Wildman–Crippen MR) is 81.7 cm³/mol. The van der Waals surface area contributed by atoms with Gasteiger partial charge in [-0.15, -0.1) is 0 Å². The van der Waals surface area contributed by atoms with Gasteiger partial charge in [0.15, 0.2) is 0 Å². The first-order valence-electron chi connectivity index (χ1n) is 5.89. The number of aromatic nitrogens is 2. The van der Waals surface area contributed by atoms with Crippen molar-refractivity contribution in [2.24, 2.45) is 5.73 Å². The van der Waals surface area contributed by atoms with E-state index in [0.29, 0.717) is 16.9 Å². The minimum absolute atomic E-state index is 0.403. The molecule has 0 unspecified atom stereocenters. The average Bonchev–Trinajstić information content (AvgIpc) is 2.81. The summed E-state index contributed by atoms with van der Waals surface area (Å²) in [5.41, 5.74) is 13.7. The van der Waals surface area contributed by atoms with E-state index >= 15 is 0 Å². The van der Waals surface area contributed by atoms with E-state index in [1.54, 1.807) is 29.1 Å². The maximum Gasteiger partial charge on any atom is 0.250 e. The van der Waals surface area contributed by atoms with Crippen LogP contribution in [-0.2, 0) is 0 Å². The normalized spacial score (nSPS) is 10.8. The van der Waals surface area contributed by atoms with Crippen LogP contribution in [0.1, 0.15) is 10.4 Å². The van der Waals surface area contributed by atoms with Crippen LogP contribution in [0.2, 0.25) is 0 Å². The molecule has 2 aromatic carbocycles. The van der Waals surface area contributed by atoms with Crippen LogP contribution in [0.3, 0.4) is 0 Å². The largest absolute Gasteiger partial charge is 0.399 e. The Hall–Kier alpha value is -2.34. The summed E-state index contributed by atoms with van der Waals surface area (Å²) in [6, 6.07) is 10.7. The summed E-state index contributed by atoms with van der Waals surface area (Å²) < 4.78 is 2.50. The fourth-order valence-corrected chi connectivity index (χ4v) is 2.46. The van der Waals surface area contributed by atoms with Gasteiger partial charge >= 0.3 is 0 Å². The molecule has 20 heavy (non-hydrogen) atoms. The molecule has 6 heteroatoms. The first-order valence-corrected chi connectivity index (χ1v) is 6.68. The summed E-state index contributed by atoms with van der Waals surface area (Å²) in [6.07, 6.45) is 1.72. The zero-order valence-electron chi connectivity index (χ0n) is 10.4. The standard InChI is InChI=1S/C14H11BrN4O/c15-9-2-4-11(14(17)20)13(5-9)19-12-6-10(16)3-1-8(12)7-18-19/h1-7H,16H2,(H2,17,20). The van der Waals surface area contributed by atoms with Gasteiger partial charge in [0.1, 0.15) is 0 Å². The first kappa shape index (κ1) is 12.7. The fourth-order valence-electron chi connectivity index (χ4n) is 2.12. The van der Waals surface area contributed by atoms with E-state index in [-0.39, 0.29) is 0 Å². The monoisotopic (exact) mass is 330 g/mol. The number of carbonyl (C=O) groups is 1. The summed E-state index contributed by atoms with van der Waals surface area (Å²) in [7, 11) is 0. The van der Waals surface area contributed by atoms with Crippen LogP contribution in [0.15, 0.2) is 47.1 Å². The van der Waals surface area contributed by atoms with Gasteiger partial charge in [0.25, 0.3) is 5.91 Å². The number of nitrogens with zero attached hydrogens (tertiary/aromatic N) is 2. The lowest BCUT2D eigenvalue weighted by Crippen LogP contribution is -2.15. The zero-order valence-corrected chi connectivity index (χ0v) is 12.0. The van der Waals surface area contributed by atoms with Crippen molar-refractivity contribution in [1.82, 2.24) is 9.78 Å². The number of carbonyl (C=O) groups excluding carboxylic acids is 1. The molecule has 0 aliphatic heterocycles. The van der Waals surface area contributed by atoms with Crippen molar-refractivity contribution >= 4 is 38.4 Å².